The van der Waals surface area contributed by atoms with Gasteiger partial charge in [0.1, 0.15) is 11.9 Å². The molecule has 1 aromatic heterocycles. The molecule has 0 aromatic carbocycles. The van der Waals surface area contributed by atoms with Crippen LogP contribution in [0.3, 0.4) is 0 Å². The maximum Gasteiger partial charge on any atom is 0.326 e. The molecule has 0 bridgehead atoms. The van der Waals surface area contributed by atoms with E-state index in [0.29, 0.717) is 12.2 Å². The zero-order valence-electron chi connectivity index (χ0n) is 9.93. The van der Waals surface area contributed by atoms with Crippen LogP contribution in [0.25, 0.3) is 0 Å². The normalized spacial score (nSPS) is 12.4. The fourth-order valence-electron chi connectivity index (χ4n) is 1.48. The van der Waals surface area contributed by atoms with Crippen molar-refractivity contribution in [3.63, 3.8) is 0 Å². The smallest absolute Gasteiger partial charge is 0.326 e. The molecule has 6 heteroatoms. The topological polar surface area (TPSA) is 95.1 Å². The van der Waals surface area contributed by atoms with Gasteiger partial charge in [-0.2, -0.15) is 0 Å². The number of hydrogen-bond donors (Lipinski definition) is 3. The van der Waals surface area contributed by atoms with Gasteiger partial charge in [0.05, 0.1) is 6.42 Å². The molecule has 1 heterocycles. The molecule has 6 nitrogen and oxygen atoms in total. The monoisotopic (exact) mass is 239 g/mol. The highest BCUT2D eigenvalue weighted by molar-refractivity contribution is 5.84. The summed E-state index contributed by atoms with van der Waals surface area (Å²) in [5, 5.41) is 11.4. The van der Waals surface area contributed by atoms with Gasteiger partial charge in [-0.05, 0) is 12.3 Å². The van der Waals surface area contributed by atoms with Gasteiger partial charge in [0.15, 0.2) is 0 Å². The van der Waals surface area contributed by atoms with Crippen LogP contribution in [0.2, 0.25) is 0 Å². The predicted octanol–water partition coefficient (Wildman–Crippen LogP) is 0.568. The Labute approximate surface area is 99.4 Å². The van der Waals surface area contributed by atoms with Gasteiger partial charge < -0.3 is 15.4 Å². The van der Waals surface area contributed by atoms with E-state index >= 15 is 0 Å². The highest BCUT2D eigenvalue weighted by Gasteiger charge is 2.21. The first-order chi connectivity index (χ1) is 7.99. The SMILES string of the molecule is CC(C)C[C@H](NC(=O)Cc1ncc[nH]1)C(=O)O. The van der Waals surface area contributed by atoms with Gasteiger partial charge >= 0.3 is 5.97 Å². The number of rotatable bonds is 6. The van der Waals surface area contributed by atoms with E-state index < -0.39 is 12.0 Å². The molecule has 0 saturated heterocycles. The fourth-order valence-corrected chi connectivity index (χ4v) is 1.48. The highest BCUT2D eigenvalue weighted by atomic mass is 16.4. The zero-order chi connectivity index (χ0) is 12.8. The van der Waals surface area contributed by atoms with Gasteiger partial charge in [0.25, 0.3) is 0 Å². The Balaban J connectivity index is 2.49. The van der Waals surface area contributed by atoms with E-state index in [0.717, 1.165) is 0 Å². The number of aromatic nitrogens is 2. The molecule has 1 atom stereocenters. The highest BCUT2D eigenvalue weighted by Crippen LogP contribution is 2.05. The molecule has 0 aliphatic heterocycles. The Hall–Kier alpha value is -1.85. The summed E-state index contributed by atoms with van der Waals surface area (Å²) in [7, 11) is 0. The average Bonchev–Trinajstić information content (AvgIpc) is 2.68. The molecule has 1 rings (SSSR count). The molecule has 0 radical (unpaired) electrons. The van der Waals surface area contributed by atoms with Crippen LogP contribution >= 0.6 is 0 Å². The van der Waals surface area contributed by atoms with Gasteiger partial charge in [-0.15, -0.1) is 0 Å². The summed E-state index contributed by atoms with van der Waals surface area (Å²) in [6.07, 6.45) is 3.64. The minimum atomic E-state index is -1.01. The minimum Gasteiger partial charge on any atom is -0.480 e. The number of nitrogens with zero attached hydrogens (tertiary/aromatic N) is 1. The zero-order valence-corrected chi connectivity index (χ0v) is 9.93. The van der Waals surface area contributed by atoms with Gasteiger partial charge in [-0.3, -0.25) is 4.79 Å². The number of carboxylic acid groups (broad SMARTS) is 1. The molecular formula is C11H17N3O3. The molecule has 0 unspecified atom stereocenters. The number of carbonyl (C=O) groups is 2. The average molecular weight is 239 g/mol. The van der Waals surface area contributed by atoms with E-state index in [9.17, 15) is 9.59 Å². The second kappa shape index (κ2) is 6.03. The summed E-state index contributed by atoms with van der Waals surface area (Å²) < 4.78 is 0. The Morgan fingerprint density at radius 2 is 2.24 bits per heavy atom. The van der Waals surface area contributed by atoms with Crippen molar-refractivity contribution >= 4 is 11.9 Å². The van der Waals surface area contributed by atoms with Gasteiger partial charge in [0, 0.05) is 12.4 Å². The molecule has 0 fully saturated rings. The molecular weight excluding hydrogens is 222 g/mol. The van der Waals surface area contributed by atoms with Crippen LogP contribution < -0.4 is 5.32 Å². The van der Waals surface area contributed by atoms with Crippen molar-refractivity contribution in [2.75, 3.05) is 0 Å². The third-order valence-electron chi connectivity index (χ3n) is 2.22. The van der Waals surface area contributed by atoms with Crippen molar-refractivity contribution in [1.29, 1.82) is 0 Å². The third kappa shape index (κ3) is 4.67. The number of aromatic amines is 1. The van der Waals surface area contributed by atoms with Crippen LogP contribution in [0.4, 0.5) is 0 Å². The van der Waals surface area contributed by atoms with E-state index in [1.807, 2.05) is 13.8 Å². The van der Waals surface area contributed by atoms with E-state index in [-0.39, 0.29) is 18.2 Å². The lowest BCUT2D eigenvalue weighted by Gasteiger charge is -2.15. The van der Waals surface area contributed by atoms with E-state index in [4.69, 9.17) is 5.11 Å². The van der Waals surface area contributed by atoms with Crippen LogP contribution in [0, 0.1) is 5.92 Å². The van der Waals surface area contributed by atoms with Crippen LogP contribution in [-0.2, 0) is 16.0 Å². The summed E-state index contributed by atoms with van der Waals surface area (Å²) in [4.78, 5) is 29.2. The number of hydrogen-bond acceptors (Lipinski definition) is 3. The largest absolute Gasteiger partial charge is 0.480 e. The minimum absolute atomic E-state index is 0.0644. The lowest BCUT2D eigenvalue weighted by molar-refractivity contribution is -0.142. The van der Waals surface area contributed by atoms with E-state index in [2.05, 4.69) is 15.3 Å². The maximum absolute atomic E-state index is 11.6. The Morgan fingerprint density at radius 3 is 2.71 bits per heavy atom. The number of amides is 1. The van der Waals surface area contributed by atoms with Crippen molar-refractivity contribution in [2.45, 2.75) is 32.7 Å². The Bertz CT molecular complexity index is 373. The molecule has 0 saturated carbocycles. The van der Waals surface area contributed by atoms with Crippen LogP contribution in [0.1, 0.15) is 26.1 Å². The standard InChI is InChI=1S/C11H17N3O3/c1-7(2)5-8(11(16)17)14-10(15)6-9-12-3-4-13-9/h3-4,7-8H,5-6H2,1-2H3,(H,12,13)(H,14,15)(H,16,17)/t8-/m0/s1. The van der Waals surface area contributed by atoms with E-state index in [1.165, 1.54) is 0 Å². The summed E-state index contributed by atoms with van der Waals surface area (Å²) in [6, 6.07) is -0.836. The van der Waals surface area contributed by atoms with Crippen LogP contribution in [0.15, 0.2) is 12.4 Å². The van der Waals surface area contributed by atoms with Gasteiger partial charge in [0.2, 0.25) is 5.91 Å². The molecule has 94 valence electrons. The molecule has 17 heavy (non-hydrogen) atoms. The van der Waals surface area contributed by atoms with Gasteiger partial charge in [-0.25, -0.2) is 9.78 Å². The summed E-state index contributed by atoms with van der Waals surface area (Å²) in [5.41, 5.74) is 0. The molecule has 1 amide bonds. The number of carbonyl (C=O) groups excluding carboxylic acids is 1. The van der Waals surface area contributed by atoms with Crippen LogP contribution in [0.5, 0.6) is 0 Å². The number of carboxylic acids is 1. The third-order valence-corrected chi connectivity index (χ3v) is 2.22. The summed E-state index contributed by atoms with van der Waals surface area (Å²) in [6.45, 7) is 3.82. The summed E-state index contributed by atoms with van der Waals surface area (Å²) >= 11 is 0. The Kier molecular flexibility index (Phi) is 4.68. The maximum atomic E-state index is 11.6. The molecule has 3 N–H and O–H groups in total. The van der Waals surface area contributed by atoms with Crippen molar-refractivity contribution in [2.24, 2.45) is 5.92 Å². The van der Waals surface area contributed by atoms with Gasteiger partial charge in [-0.1, -0.05) is 13.8 Å². The van der Waals surface area contributed by atoms with Crippen LogP contribution in [-0.4, -0.2) is 33.0 Å². The number of H-pyrrole nitrogens is 1. The second-order valence-electron chi connectivity index (χ2n) is 4.30. The quantitative estimate of drug-likeness (QED) is 0.676. The molecule has 1 aromatic rings. The lowest BCUT2D eigenvalue weighted by Crippen LogP contribution is -2.42. The first-order valence-corrected chi connectivity index (χ1v) is 5.49. The second-order valence-corrected chi connectivity index (χ2v) is 4.30. The van der Waals surface area contributed by atoms with Crippen molar-refractivity contribution < 1.29 is 14.7 Å². The molecule has 0 spiro atoms. The summed E-state index contributed by atoms with van der Waals surface area (Å²) in [5.74, 6) is -0.615. The molecule has 0 aliphatic rings. The number of aliphatic carboxylic acids is 1. The predicted molar refractivity (Wildman–Crippen MR) is 61.3 cm³/mol. The van der Waals surface area contributed by atoms with Crippen molar-refractivity contribution in [3.8, 4) is 0 Å². The number of imidazole rings is 1. The fraction of sp³-hybridized carbons (Fsp3) is 0.545. The molecule has 0 aliphatic carbocycles. The number of nitrogens with one attached hydrogen (secondary N) is 2. The Morgan fingerprint density at radius 1 is 1.53 bits per heavy atom. The van der Waals surface area contributed by atoms with E-state index in [1.54, 1.807) is 12.4 Å². The van der Waals surface area contributed by atoms with Crippen molar-refractivity contribution in [3.05, 3.63) is 18.2 Å². The first kappa shape index (κ1) is 13.2. The van der Waals surface area contributed by atoms with Crippen molar-refractivity contribution in [1.82, 2.24) is 15.3 Å². The first-order valence-electron chi connectivity index (χ1n) is 5.49. The lowest BCUT2D eigenvalue weighted by atomic mass is 10.0.